The molecule has 10 heteroatoms. The van der Waals surface area contributed by atoms with Crippen LogP contribution >= 0.6 is 34.3 Å². The number of nitrogens with one attached hydrogen (secondary N) is 2. The van der Waals surface area contributed by atoms with Crippen molar-refractivity contribution >= 4 is 66.6 Å². The van der Waals surface area contributed by atoms with Crippen LogP contribution in [0.5, 0.6) is 5.75 Å². The zero-order chi connectivity index (χ0) is 21.8. The van der Waals surface area contributed by atoms with Gasteiger partial charge in [-0.2, -0.15) is 0 Å². The summed E-state index contributed by atoms with van der Waals surface area (Å²) >= 11 is 8.48. The van der Waals surface area contributed by atoms with Crippen LogP contribution in [0, 0.1) is 0 Å². The lowest BCUT2D eigenvalue weighted by Crippen LogP contribution is -2.15. The average molecular weight is 473 g/mol. The second-order valence-electron chi connectivity index (χ2n) is 6.41. The van der Waals surface area contributed by atoms with Crippen molar-refractivity contribution < 1.29 is 14.3 Å². The fourth-order valence-corrected chi connectivity index (χ4v) is 4.50. The van der Waals surface area contributed by atoms with Gasteiger partial charge in [-0.3, -0.25) is 14.9 Å². The Bertz CT molecular complexity index is 1240. The molecule has 31 heavy (non-hydrogen) atoms. The average Bonchev–Trinajstić information content (AvgIpc) is 3.34. The van der Waals surface area contributed by atoms with Gasteiger partial charge in [-0.05, 0) is 49.4 Å². The molecule has 0 atom stereocenters. The highest BCUT2D eigenvalue weighted by Gasteiger charge is 2.13. The quantitative estimate of drug-likeness (QED) is 0.383. The van der Waals surface area contributed by atoms with Gasteiger partial charge in [0, 0.05) is 16.0 Å². The first kappa shape index (κ1) is 21.2. The monoisotopic (exact) mass is 472 g/mol. The molecule has 7 nitrogen and oxygen atoms in total. The van der Waals surface area contributed by atoms with Crippen molar-refractivity contribution in [2.45, 2.75) is 13.3 Å². The van der Waals surface area contributed by atoms with E-state index in [2.05, 4.69) is 20.6 Å². The minimum absolute atomic E-state index is 0.0768. The molecule has 0 saturated carbocycles. The Morgan fingerprint density at radius 3 is 2.65 bits per heavy atom. The summed E-state index contributed by atoms with van der Waals surface area (Å²) in [6.45, 7) is 2.51. The Morgan fingerprint density at radius 1 is 1.06 bits per heavy atom. The fourth-order valence-electron chi connectivity index (χ4n) is 2.76. The molecule has 0 radical (unpaired) electrons. The Balaban J connectivity index is 1.36. The van der Waals surface area contributed by atoms with E-state index in [9.17, 15) is 9.59 Å². The summed E-state index contributed by atoms with van der Waals surface area (Å²) in [7, 11) is 0. The number of fused-ring (bicyclic) bond motifs is 1. The van der Waals surface area contributed by atoms with Crippen molar-refractivity contribution in [3.63, 3.8) is 0 Å². The van der Waals surface area contributed by atoms with Crippen LogP contribution in [0.25, 0.3) is 10.2 Å². The molecular formula is C21H17ClN4O3S2. The third-order valence-corrected chi connectivity index (χ3v) is 6.13. The third kappa shape index (κ3) is 5.38. The van der Waals surface area contributed by atoms with E-state index in [0.717, 1.165) is 16.0 Å². The molecule has 0 aliphatic heterocycles. The Labute approximate surface area is 191 Å². The predicted octanol–water partition coefficient (Wildman–Crippen LogP) is 5.24. The molecule has 2 aromatic heterocycles. The highest BCUT2D eigenvalue weighted by molar-refractivity contribution is 7.22. The van der Waals surface area contributed by atoms with Crippen molar-refractivity contribution in [3.8, 4) is 5.75 Å². The molecule has 2 aromatic carbocycles. The number of thiazole rings is 2. The molecule has 158 valence electrons. The van der Waals surface area contributed by atoms with Crippen molar-refractivity contribution in [3.05, 3.63) is 64.1 Å². The maximum atomic E-state index is 12.4. The summed E-state index contributed by atoms with van der Waals surface area (Å²) in [6, 6.07) is 12.2. The van der Waals surface area contributed by atoms with Crippen LogP contribution < -0.4 is 15.4 Å². The van der Waals surface area contributed by atoms with E-state index < -0.39 is 0 Å². The molecule has 0 bridgehead atoms. The van der Waals surface area contributed by atoms with E-state index in [1.807, 2.05) is 25.1 Å². The van der Waals surface area contributed by atoms with Gasteiger partial charge in [-0.15, -0.1) is 11.3 Å². The number of halogens is 1. The van der Waals surface area contributed by atoms with E-state index in [-0.39, 0.29) is 18.2 Å². The van der Waals surface area contributed by atoms with E-state index >= 15 is 0 Å². The molecule has 2 amide bonds. The van der Waals surface area contributed by atoms with Gasteiger partial charge in [-0.25, -0.2) is 9.97 Å². The fraction of sp³-hybridized carbons (Fsp3) is 0.143. The molecule has 0 spiro atoms. The van der Waals surface area contributed by atoms with E-state index in [1.54, 1.807) is 29.6 Å². The number of hydrogen-bond donors (Lipinski definition) is 2. The molecule has 0 fully saturated rings. The summed E-state index contributed by atoms with van der Waals surface area (Å²) in [5.74, 6) is 0.250. The van der Waals surface area contributed by atoms with E-state index in [4.69, 9.17) is 16.3 Å². The van der Waals surface area contributed by atoms with Crippen LogP contribution in [0.1, 0.15) is 23.0 Å². The summed E-state index contributed by atoms with van der Waals surface area (Å²) in [5.41, 5.74) is 1.83. The maximum Gasteiger partial charge on any atom is 0.257 e. The topological polar surface area (TPSA) is 93.2 Å². The highest BCUT2D eigenvalue weighted by atomic mass is 35.5. The van der Waals surface area contributed by atoms with E-state index in [1.165, 1.54) is 22.7 Å². The van der Waals surface area contributed by atoms with Gasteiger partial charge in [0.15, 0.2) is 10.3 Å². The normalized spacial score (nSPS) is 10.8. The van der Waals surface area contributed by atoms with Gasteiger partial charge in [-0.1, -0.05) is 22.9 Å². The molecule has 4 aromatic rings. The van der Waals surface area contributed by atoms with Crippen LogP contribution in [-0.2, 0) is 11.2 Å². The van der Waals surface area contributed by atoms with Crippen LogP contribution in [-0.4, -0.2) is 28.4 Å². The number of hydrogen-bond acceptors (Lipinski definition) is 7. The lowest BCUT2D eigenvalue weighted by molar-refractivity contribution is -0.115. The highest BCUT2D eigenvalue weighted by Crippen LogP contribution is 2.29. The van der Waals surface area contributed by atoms with Crippen molar-refractivity contribution in [1.29, 1.82) is 0 Å². The number of carbonyl (C=O) groups excluding carboxylic acids is 2. The van der Waals surface area contributed by atoms with Crippen LogP contribution in [0.2, 0.25) is 5.02 Å². The second-order valence-corrected chi connectivity index (χ2v) is 8.74. The van der Waals surface area contributed by atoms with Crippen LogP contribution in [0.3, 0.4) is 0 Å². The number of benzene rings is 2. The minimum atomic E-state index is -0.289. The standard InChI is InChI=1S/C21H17ClN4O3S2/c1-2-29-15-7-8-16-17(10-15)31-21(24-16)25-18(27)9-14-11-30-20(23-14)26-19(28)12-3-5-13(22)6-4-12/h3-8,10-11H,2,9H2,1H3,(H,23,26,28)(H,24,25,27). The van der Waals surface area contributed by atoms with Crippen molar-refractivity contribution in [1.82, 2.24) is 9.97 Å². The molecule has 2 N–H and O–H groups in total. The SMILES string of the molecule is CCOc1ccc2nc(NC(=O)Cc3csc(NC(=O)c4ccc(Cl)cc4)n3)sc2c1. The zero-order valence-corrected chi connectivity index (χ0v) is 18.7. The number of ether oxygens (including phenoxy) is 1. The molecule has 0 saturated heterocycles. The lowest BCUT2D eigenvalue weighted by Gasteiger charge is -2.01. The van der Waals surface area contributed by atoms with Gasteiger partial charge >= 0.3 is 0 Å². The van der Waals surface area contributed by atoms with Gasteiger partial charge in [0.2, 0.25) is 5.91 Å². The third-order valence-electron chi connectivity index (χ3n) is 4.14. The molecule has 0 unspecified atom stereocenters. The van der Waals surface area contributed by atoms with Crippen molar-refractivity contribution in [2.75, 3.05) is 17.2 Å². The van der Waals surface area contributed by atoms with Gasteiger partial charge < -0.3 is 10.1 Å². The van der Waals surface area contributed by atoms with Crippen molar-refractivity contribution in [2.24, 2.45) is 0 Å². The second kappa shape index (κ2) is 9.42. The smallest absolute Gasteiger partial charge is 0.257 e. The first-order valence-corrected chi connectivity index (χ1v) is 11.4. The zero-order valence-electron chi connectivity index (χ0n) is 16.3. The maximum absolute atomic E-state index is 12.4. The number of aromatic nitrogens is 2. The first-order valence-electron chi connectivity index (χ1n) is 9.34. The summed E-state index contributed by atoms with van der Waals surface area (Å²) in [4.78, 5) is 33.4. The molecule has 2 heterocycles. The molecule has 0 aliphatic rings. The number of carbonyl (C=O) groups is 2. The largest absolute Gasteiger partial charge is 0.494 e. The molecule has 0 aliphatic carbocycles. The lowest BCUT2D eigenvalue weighted by atomic mass is 10.2. The van der Waals surface area contributed by atoms with Crippen LogP contribution in [0.15, 0.2) is 47.8 Å². The Hall–Kier alpha value is -3.01. The summed E-state index contributed by atoms with van der Waals surface area (Å²) in [5, 5.41) is 8.76. The number of amides is 2. The molecular weight excluding hydrogens is 456 g/mol. The predicted molar refractivity (Wildman–Crippen MR) is 125 cm³/mol. The van der Waals surface area contributed by atoms with Gasteiger partial charge in [0.05, 0.1) is 28.9 Å². The summed E-state index contributed by atoms with van der Waals surface area (Å²) < 4.78 is 6.43. The van der Waals surface area contributed by atoms with E-state index in [0.29, 0.717) is 33.2 Å². The van der Waals surface area contributed by atoms with Gasteiger partial charge in [0.25, 0.3) is 5.91 Å². The Morgan fingerprint density at radius 2 is 1.87 bits per heavy atom. The van der Waals surface area contributed by atoms with Crippen LogP contribution in [0.4, 0.5) is 10.3 Å². The van der Waals surface area contributed by atoms with Gasteiger partial charge in [0.1, 0.15) is 5.75 Å². The number of nitrogens with zero attached hydrogens (tertiary/aromatic N) is 2. The number of rotatable bonds is 7. The summed E-state index contributed by atoms with van der Waals surface area (Å²) in [6.07, 6.45) is 0.0768. The number of anilines is 2. The Kier molecular flexibility index (Phi) is 6.45. The first-order chi connectivity index (χ1) is 15.0. The minimum Gasteiger partial charge on any atom is -0.494 e. The molecule has 4 rings (SSSR count).